The lowest BCUT2D eigenvalue weighted by Gasteiger charge is -2.06. The molecule has 0 radical (unpaired) electrons. The van der Waals surface area contributed by atoms with Crippen molar-refractivity contribution in [3.63, 3.8) is 0 Å². The molecule has 0 amide bonds. The first-order chi connectivity index (χ1) is 7.20. The van der Waals surface area contributed by atoms with Crippen molar-refractivity contribution in [1.82, 2.24) is 5.32 Å². The van der Waals surface area contributed by atoms with Crippen molar-refractivity contribution in [2.45, 2.75) is 32.6 Å². The van der Waals surface area contributed by atoms with Crippen molar-refractivity contribution in [3.8, 4) is 0 Å². The molecule has 0 saturated carbocycles. The monoisotopic (exact) mass is 215 g/mol. The van der Waals surface area contributed by atoms with Gasteiger partial charge in [-0.1, -0.05) is 19.8 Å². The number of nitrogens with two attached hydrogens (primary N) is 1. The first-order valence-electron chi connectivity index (χ1n) is 5.32. The smallest absolute Gasteiger partial charge is 0.305 e. The quantitative estimate of drug-likeness (QED) is 0.283. The molecule has 0 aliphatic rings. The first-order valence-corrected chi connectivity index (χ1v) is 5.32. The van der Waals surface area contributed by atoms with E-state index in [0.717, 1.165) is 19.3 Å². The van der Waals surface area contributed by atoms with Crippen LogP contribution in [0.15, 0.2) is 4.99 Å². The fraction of sp³-hybridized carbons (Fsp3) is 0.800. The topological polar surface area (TPSA) is 76.7 Å². The highest BCUT2D eigenvalue weighted by Crippen LogP contribution is 1.99. The summed E-state index contributed by atoms with van der Waals surface area (Å²) < 4.78 is 4.97. The van der Waals surface area contributed by atoms with Crippen molar-refractivity contribution in [1.29, 1.82) is 0 Å². The maximum Gasteiger partial charge on any atom is 0.305 e. The van der Waals surface area contributed by atoms with Crippen molar-refractivity contribution < 1.29 is 9.53 Å². The van der Waals surface area contributed by atoms with E-state index in [2.05, 4.69) is 17.2 Å². The Morgan fingerprint density at radius 2 is 2.20 bits per heavy atom. The molecule has 0 aliphatic carbocycles. The average molecular weight is 215 g/mol. The molecule has 0 spiro atoms. The van der Waals surface area contributed by atoms with Crippen LogP contribution in [0.3, 0.4) is 0 Å². The molecule has 0 aromatic heterocycles. The number of esters is 1. The maximum absolute atomic E-state index is 11.1. The summed E-state index contributed by atoms with van der Waals surface area (Å²) in [6.07, 6.45) is 3.59. The zero-order chi connectivity index (χ0) is 11.5. The number of hydrogen-bond acceptors (Lipinski definition) is 3. The van der Waals surface area contributed by atoms with Crippen LogP contribution in [0.4, 0.5) is 0 Å². The van der Waals surface area contributed by atoms with Crippen LogP contribution >= 0.6 is 0 Å². The number of hydrogen-bond donors (Lipinski definition) is 2. The highest BCUT2D eigenvalue weighted by molar-refractivity contribution is 5.77. The van der Waals surface area contributed by atoms with Gasteiger partial charge in [0.1, 0.15) is 6.61 Å². The predicted octanol–water partition coefficient (Wildman–Crippen LogP) is 0.644. The zero-order valence-electron chi connectivity index (χ0n) is 9.58. The van der Waals surface area contributed by atoms with Crippen LogP contribution in [0, 0.1) is 0 Å². The summed E-state index contributed by atoms with van der Waals surface area (Å²) >= 11 is 0. The van der Waals surface area contributed by atoms with Crippen LogP contribution in [0.1, 0.15) is 32.6 Å². The first kappa shape index (κ1) is 13.7. The van der Waals surface area contributed by atoms with Gasteiger partial charge in [0.25, 0.3) is 0 Å². The number of nitrogens with zero attached hydrogens (tertiary/aromatic N) is 1. The number of carbonyl (C=O) groups is 1. The van der Waals surface area contributed by atoms with Gasteiger partial charge in [-0.15, -0.1) is 0 Å². The molecular formula is C10H21N3O2. The second-order valence-corrected chi connectivity index (χ2v) is 3.21. The van der Waals surface area contributed by atoms with Gasteiger partial charge in [0.05, 0.1) is 6.54 Å². The molecule has 15 heavy (non-hydrogen) atoms. The molecule has 0 aromatic carbocycles. The zero-order valence-corrected chi connectivity index (χ0v) is 9.58. The van der Waals surface area contributed by atoms with Crippen molar-refractivity contribution in [3.05, 3.63) is 0 Å². The SMILES string of the molecule is CCCCCC(=O)OCCNC(N)=NC. The molecule has 0 bridgehead atoms. The fourth-order valence-electron chi connectivity index (χ4n) is 1.01. The van der Waals surface area contributed by atoms with Crippen LogP contribution in [0.5, 0.6) is 0 Å². The molecule has 0 unspecified atom stereocenters. The molecule has 0 aliphatic heterocycles. The Morgan fingerprint density at radius 3 is 2.80 bits per heavy atom. The van der Waals surface area contributed by atoms with Gasteiger partial charge in [-0.05, 0) is 6.42 Å². The number of aliphatic imine (C=N–C) groups is 1. The molecule has 0 rings (SSSR count). The number of ether oxygens (including phenoxy) is 1. The Hall–Kier alpha value is -1.26. The van der Waals surface area contributed by atoms with E-state index in [1.54, 1.807) is 7.05 Å². The van der Waals surface area contributed by atoms with E-state index in [1.165, 1.54) is 0 Å². The third-order valence-corrected chi connectivity index (χ3v) is 1.90. The maximum atomic E-state index is 11.1. The van der Waals surface area contributed by atoms with E-state index >= 15 is 0 Å². The molecule has 0 aromatic rings. The fourth-order valence-corrected chi connectivity index (χ4v) is 1.01. The Morgan fingerprint density at radius 1 is 1.47 bits per heavy atom. The highest BCUT2D eigenvalue weighted by Gasteiger charge is 2.01. The summed E-state index contributed by atoms with van der Waals surface area (Å²) in [7, 11) is 1.60. The minimum absolute atomic E-state index is 0.141. The lowest BCUT2D eigenvalue weighted by molar-refractivity contribution is -0.143. The van der Waals surface area contributed by atoms with Gasteiger partial charge in [-0.3, -0.25) is 9.79 Å². The van der Waals surface area contributed by atoms with Gasteiger partial charge in [-0.25, -0.2) is 0 Å². The highest BCUT2D eigenvalue weighted by atomic mass is 16.5. The number of unbranched alkanes of at least 4 members (excludes halogenated alkanes) is 2. The van der Waals surface area contributed by atoms with Crippen LogP contribution in [0.2, 0.25) is 0 Å². The van der Waals surface area contributed by atoms with Gasteiger partial charge in [0.2, 0.25) is 0 Å². The standard InChI is InChI=1S/C10H21N3O2/c1-3-4-5-6-9(14)15-8-7-13-10(11)12-2/h3-8H2,1-2H3,(H3,11,12,13). The lowest BCUT2D eigenvalue weighted by Crippen LogP contribution is -2.34. The molecular weight excluding hydrogens is 194 g/mol. The minimum atomic E-state index is -0.141. The van der Waals surface area contributed by atoms with Crippen LogP contribution < -0.4 is 11.1 Å². The average Bonchev–Trinajstić information content (AvgIpc) is 2.24. The summed E-state index contributed by atoms with van der Waals surface area (Å²) in [5.74, 6) is 0.217. The van der Waals surface area contributed by atoms with Gasteiger partial charge < -0.3 is 15.8 Å². The summed E-state index contributed by atoms with van der Waals surface area (Å²) in [6.45, 7) is 2.94. The van der Waals surface area contributed by atoms with Crippen LogP contribution in [-0.2, 0) is 9.53 Å². The molecule has 5 heteroatoms. The lowest BCUT2D eigenvalue weighted by atomic mass is 10.2. The van der Waals surface area contributed by atoms with Gasteiger partial charge >= 0.3 is 5.97 Å². The van der Waals surface area contributed by atoms with E-state index < -0.39 is 0 Å². The molecule has 3 N–H and O–H groups in total. The number of nitrogens with one attached hydrogen (secondary N) is 1. The van der Waals surface area contributed by atoms with Crippen molar-refractivity contribution >= 4 is 11.9 Å². The molecule has 5 nitrogen and oxygen atoms in total. The number of carbonyl (C=O) groups excluding carboxylic acids is 1. The molecule has 0 atom stereocenters. The van der Waals surface area contributed by atoms with Crippen LogP contribution in [0.25, 0.3) is 0 Å². The number of guanidine groups is 1. The summed E-state index contributed by atoms with van der Waals surface area (Å²) in [6, 6.07) is 0. The van der Waals surface area contributed by atoms with E-state index in [-0.39, 0.29) is 5.97 Å². The van der Waals surface area contributed by atoms with Crippen molar-refractivity contribution in [2.24, 2.45) is 10.7 Å². The molecule has 0 fully saturated rings. The molecule has 0 heterocycles. The predicted molar refractivity (Wildman–Crippen MR) is 60.7 cm³/mol. The van der Waals surface area contributed by atoms with Crippen molar-refractivity contribution in [2.75, 3.05) is 20.2 Å². The third-order valence-electron chi connectivity index (χ3n) is 1.90. The second-order valence-electron chi connectivity index (χ2n) is 3.21. The summed E-state index contributed by atoms with van der Waals surface area (Å²) in [4.78, 5) is 14.8. The summed E-state index contributed by atoms with van der Waals surface area (Å²) in [5, 5.41) is 2.81. The van der Waals surface area contributed by atoms with E-state index in [4.69, 9.17) is 10.5 Å². The van der Waals surface area contributed by atoms with E-state index in [9.17, 15) is 4.79 Å². The third kappa shape index (κ3) is 9.05. The second kappa shape index (κ2) is 9.30. The Kier molecular flexibility index (Phi) is 8.52. The number of rotatable bonds is 7. The minimum Gasteiger partial charge on any atom is -0.464 e. The normalized spacial score (nSPS) is 11.2. The van der Waals surface area contributed by atoms with Gasteiger partial charge in [0.15, 0.2) is 5.96 Å². The Bertz CT molecular complexity index is 205. The Balaban J connectivity index is 3.31. The molecule has 88 valence electrons. The van der Waals surface area contributed by atoms with Gasteiger partial charge in [0, 0.05) is 13.5 Å². The largest absolute Gasteiger partial charge is 0.464 e. The molecule has 0 saturated heterocycles. The van der Waals surface area contributed by atoms with Gasteiger partial charge in [-0.2, -0.15) is 0 Å². The van der Waals surface area contributed by atoms with Crippen LogP contribution in [-0.4, -0.2) is 32.1 Å². The van der Waals surface area contributed by atoms with E-state index in [0.29, 0.717) is 25.5 Å². The summed E-state index contributed by atoms with van der Waals surface area (Å²) in [5.41, 5.74) is 5.39. The van der Waals surface area contributed by atoms with E-state index in [1.807, 2.05) is 0 Å². The Labute approximate surface area is 91.1 Å².